The molecule has 0 unspecified atom stereocenters. The number of anilines is 1. The topological polar surface area (TPSA) is 84.9 Å². The maximum absolute atomic E-state index is 11.5. The smallest absolute Gasteiger partial charge is 0.163 e. The summed E-state index contributed by atoms with van der Waals surface area (Å²) in [6, 6.07) is 5.51. The van der Waals surface area contributed by atoms with E-state index in [-0.39, 0.29) is 24.3 Å². The number of ether oxygens (including phenoxy) is 2. The fourth-order valence-corrected chi connectivity index (χ4v) is 4.11. The molecule has 7 heteroatoms. The highest BCUT2D eigenvalue weighted by Crippen LogP contribution is 2.31. The summed E-state index contributed by atoms with van der Waals surface area (Å²) < 4.78 is 34.0. The van der Waals surface area contributed by atoms with E-state index in [4.69, 9.17) is 9.47 Å². The average molecular weight is 343 g/mol. The first kappa shape index (κ1) is 17.9. The Balaban J connectivity index is 2.01. The van der Waals surface area contributed by atoms with Gasteiger partial charge in [0.05, 0.1) is 30.3 Å². The number of hydrogen-bond acceptors (Lipinski definition) is 6. The Hall–Kier alpha value is -1.47. The van der Waals surface area contributed by atoms with E-state index in [1.807, 2.05) is 32.0 Å². The molecule has 0 aliphatic carbocycles. The highest BCUT2D eigenvalue weighted by atomic mass is 32.2. The van der Waals surface area contributed by atoms with E-state index in [1.54, 1.807) is 0 Å². The second-order valence-corrected chi connectivity index (χ2v) is 8.06. The molecule has 0 amide bonds. The minimum atomic E-state index is -2.99. The number of sulfone groups is 1. The van der Waals surface area contributed by atoms with Gasteiger partial charge in [-0.05, 0) is 38.8 Å². The van der Waals surface area contributed by atoms with Crippen molar-refractivity contribution in [3.05, 3.63) is 18.2 Å². The van der Waals surface area contributed by atoms with E-state index in [2.05, 4.69) is 5.32 Å². The molecule has 0 bridgehead atoms. The molecule has 0 spiro atoms. The lowest BCUT2D eigenvalue weighted by atomic mass is 9.97. The van der Waals surface area contributed by atoms with Gasteiger partial charge in [0.2, 0.25) is 0 Å². The predicted molar refractivity (Wildman–Crippen MR) is 90.1 cm³/mol. The predicted octanol–water partition coefficient (Wildman–Crippen LogP) is 1.84. The molecular formula is C16H25NO5S. The number of nitrogens with one attached hydrogen (secondary N) is 1. The summed E-state index contributed by atoms with van der Waals surface area (Å²) in [5.74, 6) is 1.41. The first-order valence-corrected chi connectivity index (χ1v) is 9.76. The second-order valence-electron chi connectivity index (χ2n) is 5.76. The van der Waals surface area contributed by atoms with E-state index < -0.39 is 15.4 Å². The van der Waals surface area contributed by atoms with Crippen LogP contribution in [-0.4, -0.2) is 50.4 Å². The van der Waals surface area contributed by atoms with Gasteiger partial charge < -0.3 is 19.9 Å². The van der Waals surface area contributed by atoms with Crippen LogP contribution in [0.2, 0.25) is 0 Å². The molecule has 1 heterocycles. The summed E-state index contributed by atoms with van der Waals surface area (Å²) >= 11 is 0. The van der Waals surface area contributed by atoms with Crippen molar-refractivity contribution in [3.8, 4) is 11.5 Å². The lowest BCUT2D eigenvalue weighted by Crippen LogP contribution is -2.44. The zero-order valence-corrected chi connectivity index (χ0v) is 14.5. The maximum atomic E-state index is 11.5. The van der Waals surface area contributed by atoms with Crippen LogP contribution >= 0.6 is 0 Å². The van der Waals surface area contributed by atoms with Gasteiger partial charge in [0.15, 0.2) is 21.3 Å². The fraction of sp³-hybridized carbons (Fsp3) is 0.625. The molecule has 1 aromatic rings. The monoisotopic (exact) mass is 343 g/mol. The summed E-state index contributed by atoms with van der Waals surface area (Å²) in [4.78, 5) is 0. The molecule has 23 heavy (non-hydrogen) atoms. The third-order valence-electron chi connectivity index (χ3n) is 3.92. The van der Waals surface area contributed by atoms with Crippen molar-refractivity contribution in [1.29, 1.82) is 0 Å². The maximum Gasteiger partial charge on any atom is 0.163 e. The Labute approximate surface area is 137 Å². The van der Waals surface area contributed by atoms with Crippen LogP contribution in [0.4, 0.5) is 5.69 Å². The van der Waals surface area contributed by atoms with Gasteiger partial charge in [0, 0.05) is 18.3 Å². The molecular weight excluding hydrogens is 318 g/mol. The van der Waals surface area contributed by atoms with Crippen LogP contribution in [0, 0.1) is 0 Å². The third kappa shape index (κ3) is 5.00. The fourth-order valence-electron chi connectivity index (χ4n) is 2.52. The van der Waals surface area contributed by atoms with Crippen molar-refractivity contribution < 1.29 is 23.0 Å². The average Bonchev–Trinajstić information content (AvgIpc) is 2.52. The van der Waals surface area contributed by atoms with Crippen LogP contribution in [0.1, 0.15) is 26.7 Å². The number of benzene rings is 1. The van der Waals surface area contributed by atoms with Crippen molar-refractivity contribution in [2.45, 2.75) is 32.3 Å². The van der Waals surface area contributed by atoms with Gasteiger partial charge in [-0.2, -0.15) is 0 Å². The summed E-state index contributed by atoms with van der Waals surface area (Å²) in [7, 11) is -2.99. The highest BCUT2D eigenvalue weighted by molar-refractivity contribution is 7.91. The summed E-state index contributed by atoms with van der Waals surface area (Å²) in [5.41, 5.74) is -0.186. The zero-order valence-electron chi connectivity index (χ0n) is 13.7. The first-order chi connectivity index (χ1) is 10.9. The molecule has 1 fully saturated rings. The normalized spacial score (nSPS) is 19.1. The largest absolute Gasteiger partial charge is 0.490 e. The van der Waals surface area contributed by atoms with Gasteiger partial charge in [0.1, 0.15) is 0 Å². The van der Waals surface area contributed by atoms with Crippen LogP contribution < -0.4 is 14.8 Å². The van der Waals surface area contributed by atoms with Crippen molar-refractivity contribution in [2.24, 2.45) is 0 Å². The SMILES string of the molecule is CCOc1ccc(NCC2(O)CCS(=O)(=O)CC2)cc1OCC. The van der Waals surface area contributed by atoms with Crippen LogP contribution in [0.15, 0.2) is 18.2 Å². The van der Waals surface area contributed by atoms with Crippen LogP contribution in [0.25, 0.3) is 0 Å². The Bertz CT molecular complexity index is 615. The lowest BCUT2D eigenvalue weighted by molar-refractivity contribution is 0.0436. The quantitative estimate of drug-likeness (QED) is 0.786. The van der Waals surface area contributed by atoms with Crippen molar-refractivity contribution in [3.63, 3.8) is 0 Å². The molecule has 2 N–H and O–H groups in total. The molecule has 0 saturated carbocycles. The molecule has 130 valence electrons. The van der Waals surface area contributed by atoms with Crippen LogP contribution in [0.5, 0.6) is 11.5 Å². The van der Waals surface area contributed by atoms with Crippen molar-refractivity contribution >= 4 is 15.5 Å². The summed E-state index contributed by atoms with van der Waals surface area (Å²) in [6.07, 6.45) is 0.523. The lowest BCUT2D eigenvalue weighted by Gasteiger charge is -2.32. The Kier molecular flexibility index (Phi) is 5.75. The Morgan fingerprint density at radius 1 is 1.13 bits per heavy atom. The molecule has 2 rings (SSSR count). The summed E-state index contributed by atoms with van der Waals surface area (Å²) in [5, 5.41) is 13.7. The molecule has 1 aliphatic heterocycles. The standard InChI is InChI=1S/C16H25NO5S/c1-3-21-14-6-5-13(11-15(14)22-4-2)17-12-16(18)7-9-23(19,20)10-8-16/h5-6,11,17-18H,3-4,7-10,12H2,1-2H3. The van der Waals surface area contributed by atoms with E-state index in [0.29, 0.717) is 31.3 Å². The molecule has 0 atom stereocenters. The number of rotatable bonds is 7. The van der Waals surface area contributed by atoms with Gasteiger partial charge in [-0.1, -0.05) is 0 Å². The minimum Gasteiger partial charge on any atom is -0.490 e. The summed E-state index contributed by atoms with van der Waals surface area (Å²) in [6.45, 7) is 5.21. The zero-order chi connectivity index (χ0) is 16.9. The molecule has 1 aromatic carbocycles. The van der Waals surface area contributed by atoms with Gasteiger partial charge in [0.25, 0.3) is 0 Å². The van der Waals surface area contributed by atoms with Gasteiger partial charge in [-0.3, -0.25) is 0 Å². The van der Waals surface area contributed by atoms with Gasteiger partial charge in [-0.15, -0.1) is 0 Å². The van der Waals surface area contributed by atoms with E-state index in [1.165, 1.54) is 0 Å². The van der Waals surface area contributed by atoms with Crippen molar-refractivity contribution in [1.82, 2.24) is 0 Å². The van der Waals surface area contributed by atoms with Crippen LogP contribution in [-0.2, 0) is 9.84 Å². The van der Waals surface area contributed by atoms with E-state index in [9.17, 15) is 13.5 Å². The number of aliphatic hydroxyl groups is 1. The Morgan fingerprint density at radius 2 is 1.74 bits per heavy atom. The van der Waals surface area contributed by atoms with E-state index in [0.717, 1.165) is 5.69 Å². The molecule has 0 aromatic heterocycles. The third-order valence-corrected chi connectivity index (χ3v) is 5.57. The van der Waals surface area contributed by atoms with Crippen LogP contribution in [0.3, 0.4) is 0 Å². The molecule has 6 nitrogen and oxygen atoms in total. The van der Waals surface area contributed by atoms with E-state index >= 15 is 0 Å². The molecule has 0 radical (unpaired) electrons. The van der Waals surface area contributed by atoms with Gasteiger partial charge in [-0.25, -0.2) is 8.42 Å². The number of hydrogen-bond donors (Lipinski definition) is 2. The van der Waals surface area contributed by atoms with Gasteiger partial charge >= 0.3 is 0 Å². The Morgan fingerprint density at radius 3 is 2.35 bits per heavy atom. The first-order valence-electron chi connectivity index (χ1n) is 7.94. The molecule has 1 saturated heterocycles. The van der Waals surface area contributed by atoms with Crippen molar-refractivity contribution in [2.75, 3.05) is 36.6 Å². The molecule has 1 aliphatic rings. The minimum absolute atomic E-state index is 0.0403. The second kappa shape index (κ2) is 7.40. The highest BCUT2D eigenvalue weighted by Gasteiger charge is 2.35.